The molecule has 8 heteroatoms. The third-order valence-electron chi connectivity index (χ3n) is 2.87. The summed E-state index contributed by atoms with van der Waals surface area (Å²) in [5.41, 5.74) is 0.944. The lowest BCUT2D eigenvalue weighted by molar-refractivity contribution is -0.136. The Morgan fingerprint density at radius 1 is 1.24 bits per heavy atom. The molecule has 0 spiro atoms. The first kappa shape index (κ1) is 17.2. The number of rotatable bonds is 7. The van der Waals surface area contributed by atoms with E-state index >= 15 is 0 Å². The SMILES string of the molecule is CCc1nnc(OCCCC(F)(F)F)c(C(=O)O)c1CC. The average molecular weight is 306 g/mol. The van der Waals surface area contributed by atoms with Crippen LogP contribution in [-0.4, -0.2) is 34.1 Å². The van der Waals surface area contributed by atoms with E-state index in [-0.39, 0.29) is 24.5 Å². The quantitative estimate of drug-likeness (QED) is 0.784. The Morgan fingerprint density at radius 2 is 1.90 bits per heavy atom. The number of aryl methyl sites for hydroxylation is 1. The standard InChI is InChI=1S/C13H17F3N2O3/c1-3-8-9(4-2)17-18-11(10(8)12(19)20)21-7-5-6-13(14,15)16/h3-7H2,1-2H3,(H,19,20). The van der Waals surface area contributed by atoms with Crippen LogP contribution in [0.2, 0.25) is 0 Å². The number of aromatic carboxylic acids is 1. The molecule has 0 unspecified atom stereocenters. The van der Waals surface area contributed by atoms with Crippen LogP contribution in [0.25, 0.3) is 0 Å². The molecule has 0 saturated heterocycles. The monoisotopic (exact) mass is 306 g/mol. The van der Waals surface area contributed by atoms with Gasteiger partial charge in [-0.1, -0.05) is 13.8 Å². The predicted molar refractivity (Wildman–Crippen MR) is 68.5 cm³/mol. The number of carbonyl (C=O) groups is 1. The van der Waals surface area contributed by atoms with Gasteiger partial charge in [0, 0.05) is 6.42 Å². The highest BCUT2D eigenvalue weighted by atomic mass is 19.4. The second kappa shape index (κ2) is 7.24. The fraction of sp³-hybridized carbons (Fsp3) is 0.615. The van der Waals surface area contributed by atoms with Gasteiger partial charge in [0.05, 0.1) is 12.3 Å². The second-order valence-corrected chi connectivity index (χ2v) is 4.38. The molecule has 5 nitrogen and oxygen atoms in total. The van der Waals surface area contributed by atoms with E-state index < -0.39 is 18.6 Å². The van der Waals surface area contributed by atoms with E-state index in [1.807, 2.05) is 6.92 Å². The Bertz CT molecular complexity index is 504. The fourth-order valence-corrected chi connectivity index (χ4v) is 1.92. The third-order valence-corrected chi connectivity index (χ3v) is 2.87. The maximum atomic E-state index is 12.0. The highest BCUT2D eigenvalue weighted by molar-refractivity contribution is 5.92. The summed E-state index contributed by atoms with van der Waals surface area (Å²) in [5.74, 6) is -1.44. The fourth-order valence-electron chi connectivity index (χ4n) is 1.92. The Balaban J connectivity index is 2.89. The lowest BCUT2D eigenvalue weighted by Crippen LogP contribution is -2.15. The lowest BCUT2D eigenvalue weighted by Gasteiger charge is -2.13. The van der Waals surface area contributed by atoms with Gasteiger partial charge in [0.1, 0.15) is 5.56 Å². The van der Waals surface area contributed by atoms with E-state index in [4.69, 9.17) is 4.74 Å². The molecule has 1 N–H and O–H groups in total. The van der Waals surface area contributed by atoms with Crippen molar-refractivity contribution in [3.05, 3.63) is 16.8 Å². The number of alkyl halides is 3. The van der Waals surface area contributed by atoms with Crippen molar-refractivity contribution in [3.63, 3.8) is 0 Å². The zero-order valence-electron chi connectivity index (χ0n) is 11.8. The molecule has 0 aliphatic carbocycles. The molecule has 1 heterocycles. The molecular formula is C13H17F3N2O3. The minimum atomic E-state index is -4.26. The molecule has 1 aromatic heterocycles. The van der Waals surface area contributed by atoms with Gasteiger partial charge in [-0.15, -0.1) is 5.10 Å². The molecule has 0 saturated carbocycles. The van der Waals surface area contributed by atoms with Gasteiger partial charge >= 0.3 is 12.1 Å². The van der Waals surface area contributed by atoms with Crippen molar-refractivity contribution in [2.45, 2.75) is 45.7 Å². The van der Waals surface area contributed by atoms with E-state index in [2.05, 4.69) is 10.2 Å². The van der Waals surface area contributed by atoms with E-state index in [1.165, 1.54) is 0 Å². The third kappa shape index (κ3) is 4.87. The molecule has 0 aromatic carbocycles. The summed E-state index contributed by atoms with van der Waals surface area (Å²) in [4.78, 5) is 11.3. The van der Waals surface area contributed by atoms with Crippen LogP contribution in [0, 0.1) is 0 Å². The summed E-state index contributed by atoms with van der Waals surface area (Å²) in [6.07, 6.45) is -4.56. The molecular weight excluding hydrogens is 289 g/mol. The molecule has 0 radical (unpaired) electrons. The largest absolute Gasteiger partial charge is 0.477 e. The van der Waals surface area contributed by atoms with Gasteiger partial charge in [0.15, 0.2) is 0 Å². The van der Waals surface area contributed by atoms with Crippen molar-refractivity contribution in [2.75, 3.05) is 6.61 Å². The number of carboxylic acids is 1. The van der Waals surface area contributed by atoms with Crippen molar-refractivity contribution in [1.29, 1.82) is 0 Å². The normalized spacial score (nSPS) is 11.5. The molecule has 0 amide bonds. The Labute approximate surface area is 120 Å². The average Bonchev–Trinajstić information content (AvgIpc) is 2.41. The molecule has 1 rings (SSSR count). The van der Waals surface area contributed by atoms with Gasteiger partial charge in [-0.2, -0.15) is 18.3 Å². The van der Waals surface area contributed by atoms with Crippen LogP contribution in [0.4, 0.5) is 13.2 Å². The first-order valence-corrected chi connectivity index (χ1v) is 6.61. The first-order valence-electron chi connectivity index (χ1n) is 6.61. The van der Waals surface area contributed by atoms with Crippen LogP contribution in [0.3, 0.4) is 0 Å². The van der Waals surface area contributed by atoms with Crippen molar-refractivity contribution in [1.82, 2.24) is 10.2 Å². The van der Waals surface area contributed by atoms with Crippen molar-refractivity contribution < 1.29 is 27.8 Å². The number of halogens is 3. The van der Waals surface area contributed by atoms with Crippen LogP contribution in [0.5, 0.6) is 5.88 Å². The summed E-state index contributed by atoms with van der Waals surface area (Å²) in [6, 6.07) is 0. The maximum absolute atomic E-state index is 12.0. The van der Waals surface area contributed by atoms with Gasteiger partial charge in [0.2, 0.25) is 5.88 Å². The minimum Gasteiger partial charge on any atom is -0.477 e. The number of hydrogen-bond acceptors (Lipinski definition) is 4. The molecule has 118 valence electrons. The number of carboxylic acid groups (broad SMARTS) is 1. The van der Waals surface area contributed by atoms with Crippen LogP contribution < -0.4 is 4.74 Å². The van der Waals surface area contributed by atoms with Crippen LogP contribution in [0.1, 0.15) is 48.3 Å². The summed E-state index contributed by atoms with van der Waals surface area (Å²) in [7, 11) is 0. The van der Waals surface area contributed by atoms with Gasteiger partial charge < -0.3 is 9.84 Å². The number of nitrogens with zero attached hydrogens (tertiary/aromatic N) is 2. The van der Waals surface area contributed by atoms with E-state index in [0.717, 1.165) is 0 Å². The van der Waals surface area contributed by atoms with Crippen molar-refractivity contribution in [3.8, 4) is 5.88 Å². The zero-order valence-corrected chi connectivity index (χ0v) is 11.8. The second-order valence-electron chi connectivity index (χ2n) is 4.38. The summed E-state index contributed by atoms with van der Waals surface area (Å²) in [6.45, 7) is 3.33. The molecule has 0 aliphatic rings. The highest BCUT2D eigenvalue weighted by Crippen LogP contribution is 2.24. The molecule has 1 aromatic rings. The number of aromatic nitrogens is 2. The smallest absolute Gasteiger partial charge is 0.389 e. The van der Waals surface area contributed by atoms with Crippen molar-refractivity contribution >= 4 is 5.97 Å². The Hall–Kier alpha value is -1.86. The van der Waals surface area contributed by atoms with E-state index in [1.54, 1.807) is 6.92 Å². The predicted octanol–water partition coefficient (Wildman–Crippen LogP) is 3.02. The molecule has 0 aliphatic heterocycles. The van der Waals surface area contributed by atoms with Crippen LogP contribution in [0.15, 0.2) is 0 Å². The maximum Gasteiger partial charge on any atom is 0.389 e. The number of hydrogen-bond donors (Lipinski definition) is 1. The first-order chi connectivity index (χ1) is 9.80. The highest BCUT2D eigenvalue weighted by Gasteiger charge is 2.27. The summed E-state index contributed by atoms with van der Waals surface area (Å²) >= 11 is 0. The molecule has 21 heavy (non-hydrogen) atoms. The topological polar surface area (TPSA) is 72.3 Å². The summed E-state index contributed by atoms with van der Waals surface area (Å²) < 4.78 is 41.2. The van der Waals surface area contributed by atoms with Gasteiger partial charge in [-0.25, -0.2) is 4.79 Å². The van der Waals surface area contributed by atoms with Crippen molar-refractivity contribution in [2.24, 2.45) is 0 Å². The molecule has 0 fully saturated rings. The van der Waals surface area contributed by atoms with Gasteiger partial charge in [-0.05, 0) is 24.8 Å². The molecule has 0 atom stereocenters. The zero-order chi connectivity index (χ0) is 16.0. The van der Waals surface area contributed by atoms with Gasteiger partial charge in [-0.3, -0.25) is 0 Å². The van der Waals surface area contributed by atoms with Crippen LogP contribution in [-0.2, 0) is 12.8 Å². The Morgan fingerprint density at radius 3 is 2.38 bits per heavy atom. The minimum absolute atomic E-state index is 0.114. The summed E-state index contributed by atoms with van der Waals surface area (Å²) in [5, 5.41) is 16.8. The van der Waals surface area contributed by atoms with E-state index in [0.29, 0.717) is 24.1 Å². The van der Waals surface area contributed by atoms with E-state index in [9.17, 15) is 23.1 Å². The van der Waals surface area contributed by atoms with Gasteiger partial charge in [0.25, 0.3) is 0 Å². The Kier molecular flexibility index (Phi) is 5.92. The number of ether oxygens (including phenoxy) is 1. The molecule has 0 bridgehead atoms. The lowest BCUT2D eigenvalue weighted by atomic mass is 10.0. The van der Waals surface area contributed by atoms with Crippen LogP contribution >= 0.6 is 0 Å².